The largest absolute Gasteiger partial charge is 0.342 e. The van der Waals surface area contributed by atoms with Crippen LogP contribution in [0.2, 0.25) is 0 Å². The van der Waals surface area contributed by atoms with Gasteiger partial charge in [-0.15, -0.1) is 0 Å². The second kappa shape index (κ2) is 4.44. The van der Waals surface area contributed by atoms with Gasteiger partial charge in [0.05, 0.1) is 12.0 Å². The summed E-state index contributed by atoms with van der Waals surface area (Å²) in [6, 6.07) is 0. The molecule has 1 amide bonds. The highest BCUT2D eigenvalue weighted by Crippen LogP contribution is 2.33. The first-order chi connectivity index (χ1) is 8.05. The molecule has 2 N–H and O–H groups in total. The molecular formula is C11H18N4O2. The molecule has 0 atom stereocenters. The van der Waals surface area contributed by atoms with Gasteiger partial charge in [0.25, 0.3) is 0 Å². The van der Waals surface area contributed by atoms with Gasteiger partial charge in [0.1, 0.15) is 0 Å². The van der Waals surface area contributed by atoms with Crippen molar-refractivity contribution in [3.63, 3.8) is 0 Å². The topological polar surface area (TPSA) is 85.2 Å². The standard InChI is InChI=1S/C11H18N4O2/c1-8-13-10(17-14-8)11(2)3-5-15(6-4-11)9(16)7-12/h3-7,12H2,1-2H3. The summed E-state index contributed by atoms with van der Waals surface area (Å²) in [5.41, 5.74) is 5.23. The van der Waals surface area contributed by atoms with Gasteiger partial charge in [-0.1, -0.05) is 12.1 Å². The van der Waals surface area contributed by atoms with Crippen molar-refractivity contribution in [1.29, 1.82) is 0 Å². The first-order valence-corrected chi connectivity index (χ1v) is 5.84. The van der Waals surface area contributed by atoms with E-state index in [0.29, 0.717) is 24.8 Å². The van der Waals surface area contributed by atoms with Crippen LogP contribution in [-0.4, -0.2) is 40.6 Å². The molecule has 1 aliphatic heterocycles. The minimum absolute atomic E-state index is 0.00811. The molecule has 0 bridgehead atoms. The Bertz CT molecular complexity index is 407. The van der Waals surface area contributed by atoms with E-state index in [1.165, 1.54) is 0 Å². The maximum atomic E-state index is 11.5. The number of rotatable bonds is 2. The zero-order chi connectivity index (χ0) is 12.5. The van der Waals surface area contributed by atoms with E-state index < -0.39 is 0 Å². The molecule has 0 aliphatic carbocycles. The molecule has 0 saturated carbocycles. The van der Waals surface area contributed by atoms with Gasteiger partial charge in [-0.3, -0.25) is 4.79 Å². The molecule has 6 nitrogen and oxygen atoms in total. The number of nitrogens with two attached hydrogens (primary N) is 1. The number of hydrogen-bond donors (Lipinski definition) is 1. The SMILES string of the molecule is Cc1noc(C2(C)CCN(C(=O)CN)CC2)n1. The lowest BCUT2D eigenvalue weighted by molar-refractivity contribution is -0.131. The number of carbonyl (C=O) groups excluding carboxylic acids is 1. The summed E-state index contributed by atoms with van der Waals surface area (Å²) in [4.78, 5) is 17.6. The summed E-state index contributed by atoms with van der Waals surface area (Å²) >= 11 is 0. The molecule has 94 valence electrons. The van der Waals surface area contributed by atoms with Crippen molar-refractivity contribution in [3.05, 3.63) is 11.7 Å². The molecule has 1 aliphatic rings. The number of piperidine rings is 1. The fourth-order valence-corrected chi connectivity index (χ4v) is 2.13. The van der Waals surface area contributed by atoms with E-state index >= 15 is 0 Å². The van der Waals surface area contributed by atoms with E-state index in [1.807, 2.05) is 6.92 Å². The summed E-state index contributed by atoms with van der Waals surface area (Å²) in [5.74, 6) is 1.34. The predicted molar refractivity (Wildman–Crippen MR) is 61.3 cm³/mol. The third-order valence-corrected chi connectivity index (χ3v) is 3.44. The van der Waals surface area contributed by atoms with Crippen molar-refractivity contribution in [2.75, 3.05) is 19.6 Å². The van der Waals surface area contributed by atoms with Crippen molar-refractivity contribution < 1.29 is 9.32 Å². The molecule has 1 aromatic heterocycles. The van der Waals surface area contributed by atoms with Crippen LogP contribution in [0.25, 0.3) is 0 Å². The molecule has 1 aromatic rings. The summed E-state index contributed by atoms with van der Waals surface area (Å²) < 4.78 is 5.24. The van der Waals surface area contributed by atoms with E-state index in [9.17, 15) is 4.79 Å². The highest BCUT2D eigenvalue weighted by molar-refractivity contribution is 5.78. The van der Waals surface area contributed by atoms with Crippen molar-refractivity contribution in [1.82, 2.24) is 15.0 Å². The van der Waals surface area contributed by atoms with Crippen molar-refractivity contribution >= 4 is 5.91 Å². The molecule has 2 heterocycles. The highest BCUT2D eigenvalue weighted by Gasteiger charge is 2.37. The Balaban J connectivity index is 2.05. The molecule has 0 unspecified atom stereocenters. The van der Waals surface area contributed by atoms with E-state index in [0.717, 1.165) is 12.8 Å². The number of amides is 1. The Hall–Kier alpha value is -1.43. The second-order valence-electron chi connectivity index (χ2n) is 4.79. The van der Waals surface area contributed by atoms with E-state index in [2.05, 4.69) is 17.1 Å². The number of aryl methyl sites for hydroxylation is 1. The van der Waals surface area contributed by atoms with Crippen LogP contribution in [-0.2, 0) is 10.2 Å². The van der Waals surface area contributed by atoms with Gasteiger partial charge in [0.15, 0.2) is 5.82 Å². The monoisotopic (exact) mass is 238 g/mol. The summed E-state index contributed by atoms with van der Waals surface area (Å²) in [6.45, 7) is 5.39. The summed E-state index contributed by atoms with van der Waals surface area (Å²) in [5, 5.41) is 3.82. The Morgan fingerprint density at radius 3 is 2.65 bits per heavy atom. The molecule has 6 heteroatoms. The zero-order valence-electron chi connectivity index (χ0n) is 10.3. The van der Waals surface area contributed by atoms with Crippen LogP contribution in [0.5, 0.6) is 0 Å². The molecule has 1 fully saturated rings. The van der Waals surface area contributed by atoms with Crippen LogP contribution < -0.4 is 5.73 Å². The lowest BCUT2D eigenvalue weighted by atomic mass is 9.80. The molecule has 17 heavy (non-hydrogen) atoms. The maximum absolute atomic E-state index is 11.5. The molecule has 1 saturated heterocycles. The molecular weight excluding hydrogens is 220 g/mol. The molecule has 2 rings (SSSR count). The first-order valence-electron chi connectivity index (χ1n) is 5.84. The Labute approximate surface area is 100 Å². The third kappa shape index (κ3) is 2.31. The van der Waals surface area contributed by atoms with E-state index in [-0.39, 0.29) is 17.9 Å². The van der Waals surface area contributed by atoms with Gasteiger partial charge in [-0.25, -0.2) is 0 Å². The predicted octanol–water partition coefficient (Wildman–Crippen LogP) is 0.217. The van der Waals surface area contributed by atoms with Gasteiger partial charge in [0.2, 0.25) is 11.8 Å². The fourth-order valence-electron chi connectivity index (χ4n) is 2.13. The smallest absolute Gasteiger partial charge is 0.236 e. The van der Waals surface area contributed by atoms with Crippen molar-refractivity contribution in [3.8, 4) is 0 Å². The van der Waals surface area contributed by atoms with Crippen LogP contribution in [0.4, 0.5) is 0 Å². The minimum atomic E-state index is -0.118. The van der Waals surface area contributed by atoms with E-state index in [4.69, 9.17) is 10.3 Å². The van der Waals surface area contributed by atoms with Gasteiger partial charge in [-0.2, -0.15) is 4.98 Å². The highest BCUT2D eigenvalue weighted by atomic mass is 16.5. The van der Waals surface area contributed by atoms with Crippen molar-refractivity contribution in [2.45, 2.75) is 32.1 Å². The summed E-state index contributed by atoms with van der Waals surface area (Å²) in [6.07, 6.45) is 1.67. The number of hydrogen-bond acceptors (Lipinski definition) is 5. The molecule has 0 radical (unpaired) electrons. The van der Waals surface area contributed by atoms with Gasteiger partial charge < -0.3 is 15.2 Å². The lowest BCUT2D eigenvalue weighted by Crippen LogP contribution is -2.46. The maximum Gasteiger partial charge on any atom is 0.236 e. The average molecular weight is 238 g/mol. The van der Waals surface area contributed by atoms with E-state index in [1.54, 1.807) is 4.90 Å². The third-order valence-electron chi connectivity index (χ3n) is 3.44. The Kier molecular flexibility index (Phi) is 3.15. The Morgan fingerprint density at radius 1 is 1.53 bits per heavy atom. The van der Waals surface area contributed by atoms with Crippen molar-refractivity contribution in [2.24, 2.45) is 5.73 Å². The second-order valence-corrected chi connectivity index (χ2v) is 4.79. The van der Waals surface area contributed by atoms with Gasteiger partial charge >= 0.3 is 0 Å². The summed E-state index contributed by atoms with van der Waals surface area (Å²) in [7, 11) is 0. The first kappa shape index (κ1) is 12.0. The number of likely N-dealkylation sites (tertiary alicyclic amines) is 1. The number of carbonyl (C=O) groups is 1. The van der Waals surface area contributed by atoms with Crippen LogP contribution in [0.15, 0.2) is 4.52 Å². The van der Waals surface area contributed by atoms with Gasteiger partial charge in [-0.05, 0) is 19.8 Å². The number of nitrogens with zero attached hydrogens (tertiary/aromatic N) is 3. The van der Waals surface area contributed by atoms with Crippen LogP contribution >= 0.6 is 0 Å². The molecule has 0 spiro atoms. The normalized spacial score (nSPS) is 19.4. The van der Waals surface area contributed by atoms with Crippen LogP contribution in [0.1, 0.15) is 31.5 Å². The van der Waals surface area contributed by atoms with Gasteiger partial charge in [0, 0.05) is 13.1 Å². The molecule has 0 aromatic carbocycles. The number of aromatic nitrogens is 2. The quantitative estimate of drug-likeness (QED) is 0.796. The van der Waals surface area contributed by atoms with Crippen LogP contribution in [0, 0.1) is 6.92 Å². The average Bonchev–Trinajstić information content (AvgIpc) is 2.77. The van der Waals surface area contributed by atoms with Crippen LogP contribution in [0.3, 0.4) is 0 Å². The Morgan fingerprint density at radius 2 is 2.18 bits per heavy atom. The zero-order valence-corrected chi connectivity index (χ0v) is 10.3. The fraction of sp³-hybridized carbons (Fsp3) is 0.727. The lowest BCUT2D eigenvalue weighted by Gasteiger charge is -2.36. The minimum Gasteiger partial charge on any atom is -0.342 e.